The van der Waals surface area contributed by atoms with Crippen LogP contribution in [0.15, 0.2) is 42.5 Å². The van der Waals surface area contributed by atoms with E-state index >= 15 is 0 Å². The largest absolute Gasteiger partial charge is 0.481 e. The van der Waals surface area contributed by atoms with Gasteiger partial charge in [0, 0.05) is 0 Å². The van der Waals surface area contributed by atoms with E-state index in [2.05, 4.69) is 15.9 Å². The molecule has 2 aromatic carbocycles. The number of ether oxygens (including phenoxy) is 1. The molecular formula is C19H17N2O7P. The topological polar surface area (TPSA) is 153 Å². The van der Waals surface area contributed by atoms with Crippen molar-refractivity contribution in [3.63, 3.8) is 0 Å². The molecule has 0 amide bonds. The molecule has 1 aromatic heterocycles. The number of H-pyrrole nitrogens is 1. The van der Waals surface area contributed by atoms with Gasteiger partial charge in [-0.05, 0) is 35.9 Å². The molecule has 0 saturated heterocycles. The second-order valence-electron chi connectivity index (χ2n) is 5.54. The molecule has 0 aliphatic carbocycles. The summed E-state index contributed by atoms with van der Waals surface area (Å²) in [4.78, 5) is 40.2. The molecule has 1 heterocycles. The van der Waals surface area contributed by atoms with E-state index in [1.54, 1.807) is 18.2 Å². The van der Waals surface area contributed by atoms with Crippen LogP contribution in [0.4, 0.5) is 0 Å². The number of nitrogens with zero attached hydrogens (tertiary/aromatic N) is 1. The summed E-state index contributed by atoms with van der Waals surface area (Å²) in [5.74, 6) is 2.71. The zero-order chi connectivity index (χ0) is 21.4. The minimum atomic E-state index is -4.64. The average Bonchev–Trinajstić information content (AvgIpc) is 3.07. The van der Waals surface area contributed by atoms with Crippen LogP contribution < -0.4 is 4.74 Å². The van der Waals surface area contributed by atoms with Crippen LogP contribution in [-0.4, -0.2) is 42.3 Å². The number of hydrogen-bond donors (Lipinski definition) is 5. The Kier molecular flexibility index (Phi) is 7.31. The fraction of sp³-hybridized carbons (Fsp3) is 0.0526. The lowest BCUT2D eigenvalue weighted by Gasteiger charge is -2.01. The Labute approximate surface area is 165 Å². The Morgan fingerprint density at radius 2 is 1.83 bits per heavy atom. The highest BCUT2D eigenvalue weighted by atomic mass is 31.2. The highest BCUT2D eigenvalue weighted by Gasteiger charge is 2.11. The maximum absolute atomic E-state index is 11.2. The summed E-state index contributed by atoms with van der Waals surface area (Å²) in [7, 11) is -4.64. The fourth-order valence-corrected chi connectivity index (χ4v) is 2.28. The Bertz CT molecular complexity index is 1100. The first-order chi connectivity index (χ1) is 13.7. The number of benzene rings is 2. The molecule has 0 spiro atoms. The molecule has 5 N–H and O–H groups in total. The number of terminal acetylenes is 1. The van der Waals surface area contributed by atoms with Crippen molar-refractivity contribution >= 4 is 37.0 Å². The first-order valence-corrected chi connectivity index (χ1v) is 9.58. The summed E-state index contributed by atoms with van der Waals surface area (Å²) in [5.41, 5.74) is 2.27. The normalized spacial score (nSPS) is 11.0. The monoisotopic (exact) mass is 416 g/mol. The number of hydrogen-bond acceptors (Lipinski definition) is 4. The van der Waals surface area contributed by atoms with E-state index in [1.807, 2.05) is 30.3 Å². The number of rotatable bonds is 5. The van der Waals surface area contributed by atoms with Gasteiger partial charge in [-0.3, -0.25) is 0 Å². The van der Waals surface area contributed by atoms with Gasteiger partial charge in [0.2, 0.25) is 0 Å². The number of carboxylic acids is 1. The van der Waals surface area contributed by atoms with Crippen LogP contribution in [0.25, 0.3) is 23.2 Å². The van der Waals surface area contributed by atoms with Crippen LogP contribution in [0.5, 0.6) is 5.75 Å². The van der Waals surface area contributed by atoms with Crippen LogP contribution in [-0.2, 0) is 4.57 Å². The number of carboxylic acid groups (broad SMARTS) is 1. The number of para-hydroxylation sites is 1. The molecule has 29 heavy (non-hydrogen) atoms. The smallest absolute Gasteiger partial charge is 0.466 e. The number of aromatic amines is 1. The molecule has 9 nitrogen and oxygen atoms in total. The number of phosphoric acid groups is 1. The number of aromatic nitrogens is 2. The van der Waals surface area contributed by atoms with Gasteiger partial charge in [0.05, 0.1) is 11.1 Å². The van der Waals surface area contributed by atoms with E-state index in [9.17, 15) is 9.90 Å². The molecule has 0 aliphatic rings. The molecule has 0 unspecified atom stereocenters. The molecule has 0 radical (unpaired) electrons. The van der Waals surface area contributed by atoms with Crippen molar-refractivity contribution in [2.24, 2.45) is 0 Å². The van der Waals surface area contributed by atoms with Crippen molar-refractivity contribution < 1.29 is 33.9 Å². The van der Waals surface area contributed by atoms with Crippen molar-refractivity contribution in [1.82, 2.24) is 9.97 Å². The predicted molar refractivity (Wildman–Crippen MR) is 107 cm³/mol. The number of aromatic carboxylic acids is 1. The summed E-state index contributed by atoms with van der Waals surface area (Å²) in [6.45, 7) is 0.236. The van der Waals surface area contributed by atoms with Crippen LogP contribution in [0.1, 0.15) is 21.7 Å². The second kappa shape index (κ2) is 9.68. The Morgan fingerprint density at radius 1 is 1.17 bits per heavy atom. The highest BCUT2D eigenvalue weighted by molar-refractivity contribution is 7.45. The van der Waals surface area contributed by atoms with Crippen molar-refractivity contribution in [2.75, 3.05) is 6.61 Å². The minimum absolute atomic E-state index is 0.179. The lowest BCUT2D eigenvalue weighted by Crippen LogP contribution is -1.96. The summed E-state index contributed by atoms with van der Waals surface area (Å²) in [5, 5.41) is 9.19. The SMILES string of the molecule is C#CCOc1ccc(/C=C/c2nc3c(C(=O)O)cccc3[nH]2)cc1.O=P(O)(O)O. The maximum Gasteiger partial charge on any atom is 0.466 e. The molecule has 0 fully saturated rings. The summed E-state index contributed by atoms with van der Waals surface area (Å²) in [6.07, 6.45) is 8.82. The molecule has 0 saturated carbocycles. The van der Waals surface area contributed by atoms with Gasteiger partial charge in [-0.15, -0.1) is 6.42 Å². The Morgan fingerprint density at radius 3 is 2.41 bits per heavy atom. The zero-order valence-corrected chi connectivity index (χ0v) is 15.8. The van der Waals surface area contributed by atoms with Gasteiger partial charge < -0.3 is 29.5 Å². The molecule has 0 atom stereocenters. The highest BCUT2D eigenvalue weighted by Crippen LogP contribution is 2.25. The van der Waals surface area contributed by atoms with Crippen molar-refractivity contribution in [3.8, 4) is 18.1 Å². The minimum Gasteiger partial charge on any atom is -0.481 e. The summed E-state index contributed by atoms with van der Waals surface area (Å²) >= 11 is 0. The van der Waals surface area contributed by atoms with Crippen LogP contribution in [0.3, 0.4) is 0 Å². The predicted octanol–water partition coefficient (Wildman–Crippen LogP) is 2.51. The summed E-state index contributed by atoms with van der Waals surface area (Å²) in [6, 6.07) is 12.5. The quantitative estimate of drug-likeness (QED) is 0.314. The van der Waals surface area contributed by atoms with E-state index < -0.39 is 13.8 Å². The molecule has 3 rings (SSSR count). The fourth-order valence-electron chi connectivity index (χ4n) is 2.28. The Balaban J connectivity index is 0.000000537. The first kappa shape index (κ1) is 21.9. The van der Waals surface area contributed by atoms with E-state index in [1.165, 1.54) is 6.07 Å². The third-order valence-electron chi connectivity index (χ3n) is 3.40. The number of imidazole rings is 1. The standard InChI is InChI=1S/C19H14N2O3.H3O4P/c1-2-12-24-14-9-6-13(7-10-14)8-11-17-20-16-5-3-4-15(19(22)23)18(16)21-17;1-5(2,3)4/h1,3-11H,12H2,(H,20,21)(H,22,23);(H3,1,2,3,4)/b11-8+;. The number of carbonyl (C=O) groups is 1. The van der Waals surface area contributed by atoms with Gasteiger partial charge in [-0.1, -0.05) is 30.2 Å². The van der Waals surface area contributed by atoms with Gasteiger partial charge in [-0.2, -0.15) is 0 Å². The summed E-state index contributed by atoms with van der Waals surface area (Å²) < 4.78 is 14.2. The zero-order valence-electron chi connectivity index (χ0n) is 14.9. The third-order valence-corrected chi connectivity index (χ3v) is 3.40. The third kappa shape index (κ3) is 7.25. The molecule has 0 aliphatic heterocycles. The first-order valence-electron chi connectivity index (χ1n) is 8.02. The van der Waals surface area contributed by atoms with Gasteiger partial charge >= 0.3 is 13.8 Å². The lowest BCUT2D eigenvalue weighted by molar-refractivity contribution is 0.0698. The van der Waals surface area contributed by atoms with Gasteiger partial charge in [0.15, 0.2) is 0 Å². The molecule has 150 valence electrons. The van der Waals surface area contributed by atoms with Gasteiger partial charge in [0.1, 0.15) is 23.7 Å². The average molecular weight is 416 g/mol. The van der Waals surface area contributed by atoms with Gasteiger partial charge in [-0.25, -0.2) is 14.3 Å². The number of nitrogens with one attached hydrogen (secondary N) is 1. The van der Waals surface area contributed by atoms with E-state index in [0.717, 1.165) is 5.56 Å². The second-order valence-corrected chi connectivity index (χ2v) is 6.56. The van der Waals surface area contributed by atoms with Crippen LogP contribution in [0.2, 0.25) is 0 Å². The van der Waals surface area contributed by atoms with Gasteiger partial charge in [0.25, 0.3) is 0 Å². The molecule has 3 aromatic rings. The molecule has 0 bridgehead atoms. The van der Waals surface area contributed by atoms with Crippen molar-refractivity contribution in [1.29, 1.82) is 0 Å². The maximum atomic E-state index is 11.2. The number of fused-ring (bicyclic) bond motifs is 1. The molecule has 10 heteroatoms. The van der Waals surface area contributed by atoms with Crippen LogP contribution >= 0.6 is 7.82 Å². The lowest BCUT2D eigenvalue weighted by atomic mass is 10.2. The molecular weight excluding hydrogens is 399 g/mol. The van der Waals surface area contributed by atoms with E-state index in [0.29, 0.717) is 22.6 Å². The van der Waals surface area contributed by atoms with E-state index in [-0.39, 0.29) is 12.2 Å². The van der Waals surface area contributed by atoms with Crippen molar-refractivity contribution in [3.05, 3.63) is 59.4 Å². The Hall–Kier alpha value is -3.41. The van der Waals surface area contributed by atoms with Crippen LogP contribution in [0, 0.1) is 12.3 Å². The van der Waals surface area contributed by atoms with E-state index in [4.69, 9.17) is 30.4 Å². The van der Waals surface area contributed by atoms with Crippen molar-refractivity contribution in [2.45, 2.75) is 0 Å².